The van der Waals surface area contributed by atoms with Crippen LogP contribution in [0, 0.1) is 5.92 Å². The van der Waals surface area contributed by atoms with Gasteiger partial charge in [-0.15, -0.1) is 10.2 Å². The van der Waals surface area contributed by atoms with E-state index in [4.69, 9.17) is 11.6 Å². The molecule has 4 rings (SSSR count). The molecule has 172 valence electrons. The van der Waals surface area contributed by atoms with Gasteiger partial charge in [-0.3, -0.25) is 18.6 Å². The molecular weight excluding hydrogens is 458 g/mol. The van der Waals surface area contributed by atoms with Gasteiger partial charge < -0.3 is 5.32 Å². The number of fused-ring (bicyclic) bond motifs is 3. The van der Waals surface area contributed by atoms with Gasteiger partial charge in [-0.05, 0) is 48.2 Å². The van der Waals surface area contributed by atoms with Gasteiger partial charge in [0.2, 0.25) is 5.78 Å². The highest BCUT2D eigenvalue weighted by molar-refractivity contribution is 7.98. The Bertz CT molecular complexity index is 1380. The highest BCUT2D eigenvalue weighted by Gasteiger charge is 2.18. The molecule has 7 nitrogen and oxygen atoms in total. The van der Waals surface area contributed by atoms with Crippen LogP contribution in [-0.2, 0) is 12.3 Å². The number of rotatable bonds is 8. The van der Waals surface area contributed by atoms with Gasteiger partial charge in [-0.1, -0.05) is 56.3 Å². The van der Waals surface area contributed by atoms with Crippen LogP contribution in [0.3, 0.4) is 0 Å². The Morgan fingerprint density at radius 1 is 1.18 bits per heavy atom. The van der Waals surface area contributed by atoms with Gasteiger partial charge in [-0.25, -0.2) is 0 Å². The molecule has 0 unspecified atom stereocenters. The topological polar surface area (TPSA) is 81.3 Å². The fourth-order valence-electron chi connectivity index (χ4n) is 3.61. The SMILES string of the molecule is CCCn1c(=O)c2ccc(C(=O)NCC(C)C)cc2n2c(SCc3cccc(Cl)c3)nnc12. The second-order valence-corrected chi connectivity index (χ2v) is 9.71. The summed E-state index contributed by atoms with van der Waals surface area (Å²) in [6, 6.07) is 12.8. The van der Waals surface area contributed by atoms with E-state index in [0.29, 0.717) is 57.2 Å². The van der Waals surface area contributed by atoms with Crippen LogP contribution in [0.5, 0.6) is 0 Å². The minimum Gasteiger partial charge on any atom is -0.352 e. The Balaban J connectivity index is 1.83. The van der Waals surface area contributed by atoms with E-state index in [-0.39, 0.29) is 11.5 Å². The fourth-order valence-corrected chi connectivity index (χ4v) is 4.71. The summed E-state index contributed by atoms with van der Waals surface area (Å²) in [4.78, 5) is 25.9. The molecule has 0 aliphatic rings. The van der Waals surface area contributed by atoms with Crippen LogP contribution in [0.15, 0.2) is 52.4 Å². The number of carbonyl (C=O) groups is 1. The minimum absolute atomic E-state index is 0.132. The summed E-state index contributed by atoms with van der Waals surface area (Å²) in [5.74, 6) is 1.29. The minimum atomic E-state index is -0.169. The molecule has 0 bridgehead atoms. The Kier molecular flexibility index (Phi) is 7.05. The lowest BCUT2D eigenvalue weighted by atomic mass is 10.1. The number of aromatic nitrogens is 4. The molecule has 33 heavy (non-hydrogen) atoms. The lowest BCUT2D eigenvalue weighted by Gasteiger charge is -2.12. The van der Waals surface area contributed by atoms with E-state index in [2.05, 4.69) is 15.5 Å². The van der Waals surface area contributed by atoms with Crippen molar-refractivity contribution in [2.45, 2.75) is 44.6 Å². The molecule has 0 aliphatic heterocycles. The third kappa shape index (κ3) is 4.91. The van der Waals surface area contributed by atoms with Crippen LogP contribution >= 0.6 is 23.4 Å². The maximum Gasteiger partial charge on any atom is 0.262 e. The van der Waals surface area contributed by atoms with Crippen molar-refractivity contribution in [1.29, 1.82) is 0 Å². The first-order valence-corrected chi connectivity index (χ1v) is 12.3. The van der Waals surface area contributed by atoms with Crippen molar-refractivity contribution in [3.63, 3.8) is 0 Å². The smallest absolute Gasteiger partial charge is 0.262 e. The number of amides is 1. The van der Waals surface area contributed by atoms with Crippen molar-refractivity contribution in [3.05, 3.63) is 69.0 Å². The van der Waals surface area contributed by atoms with Crippen molar-refractivity contribution in [3.8, 4) is 0 Å². The second kappa shape index (κ2) is 9.97. The molecular formula is C24H26ClN5O2S. The van der Waals surface area contributed by atoms with Gasteiger partial charge in [0.25, 0.3) is 11.5 Å². The summed E-state index contributed by atoms with van der Waals surface area (Å²) in [6.45, 7) is 7.21. The van der Waals surface area contributed by atoms with Crippen molar-refractivity contribution in [2.75, 3.05) is 6.54 Å². The largest absolute Gasteiger partial charge is 0.352 e. The summed E-state index contributed by atoms with van der Waals surface area (Å²) in [7, 11) is 0. The maximum absolute atomic E-state index is 13.2. The van der Waals surface area contributed by atoms with Crippen LogP contribution in [0.1, 0.15) is 43.1 Å². The Hall–Kier alpha value is -2.84. The molecule has 0 aliphatic carbocycles. The van der Waals surface area contributed by atoms with E-state index in [0.717, 1.165) is 12.0 Å². The third-order valence-corrected chi connectivity index (χ3v) is 6.44. The predicted octanol–water partition coefficient (Wildman–Crippen LogP) is 4.79. The third-order valence-electron chi connectivity index (χ3n) is 5.21. The first-order chi connectivity index (χ1) is 15.9. The summed E-state index contributed by atoms with van der Waals surface area (Å²) >= 11 is 7.63. The zero-order valence-electron chi connectivity index (χ0n) is 18.8. The number of hydrogen-bond acceptors (Lipinski definition) is 5. The number of carbonyl (C=O) groups excluding carboxylic acids is 1. The number of halogens is 1. The van der Waals surface area contributed by atoms with Gasteiger partial charge in [0.1, 0.15) is 0 Å². The Morgan fingerprint density at radius 3 is 2.73 bits per heavy atom. The van der Waals surface area contributed by atoms with Crippen LogP contribution in [0.25, 0.3) is 16.7 Å². The summed E-state index contributed by atoms with van der Waals surface area (Å²) in [5, 5.41) is 13.5. The molecule has 9 heteroatoms. The maximum atomic E-state index is 13.2. The highest BCUT2D eigenvalue weighted by atomic mass is 35.5. The van der Waals surface area contributed by atoms with Gasteiger partial charge in [-0.2, -0.15) is 0 Å². The van der Waals surface area contributed by atoms with Crippen LogP contribution < -0.4 is 10.9 Å². The zero-order chi connectivity index (χ0) is 23.5. The first-order valence-electron chi connectivity index (χ1n) is 11.0. The lowest BCUT2D eigenvalue weighted by molar-refractivity contribution is 0.0949. The van der Waals surface area contributed by atoms with E-state index < -0.39 is 0 Å². The van der Waals surface area contributed by atoms with Gasteiger partial charge in [0, 0.05) is 29.4 Å². The number of aryl methyl sites for hydroxylation is 1. The molecule has 0 atom stereocenters. The van der Waals surface area contributed by atoms with Crippen molar-refractivity contribution >= 4 is 46.0 Å². The number of thioether (sulfide) groups is 1. The number of benzene rings is 2. The molecule has 4 aromatic rings. The molecule has 2 heterocycles. The molecule has 1 N–H and O–H groups in total. The predicted molar refractivity (Wildman–Crippen MR) is 133 cm³/mol. The zero-order valence-corrected chi connectivity index (χ0v) is 20.4. The van der Waals surface area contributed by atoms with E-state index in [1.165, 1.54) is 11.8 Å². The Morgan fingerprint density at radius 2 is 2.00 bits per heavy atom. The molecule has 2 aromatic heterocycles. The number of nitrogens with one attached hydrogen (secondary N) is 1. The second-order valence-electron chi connectivity index (χ2n) is 8.33. The Labute approximate surface area is 201 Å². The van der Waals surface area contributed by atoms with E-state index in [1.54, 1.807) is 22.8 Å². The average molecular weight is 484 g/mol. The highest BCUT2D eigenvalue weighted by Crippen LogP contribution is 2.26. The number of nitrogens with zero attached hydrogens (tertiary/aromatic N) is 4. The molecule has 0 spiro atoms. The summed E-state index contributed by atoms with van der Waals surface area (Å²) in [6.07, 6.45) is 0.786. The molecule has 2 aromatic carbocycles. The van der Waals surface area contributed by atoms with E-state index in [1.807, 2.05) is 49.4 Å². The molecule has 0 fully saturated rings. The molecule has 1 amide bonds. The summed E-state index contributed by atoms with van der Waals surface area (Å²) < 4.78 is 3.53. The van der Waals surface area contributed by atoms with E-state index >= 15 is 0 Å². The van der Waals surface area contributed by atoms with E-state index in [9.17, 15) is 9.59 Å². The van der Waals surface area contributed by atoms with Gasteiger partial charge in [0.05, 0.1) is 10.9 Å². The lowest BCUT2D eigenvalue weighted by Crippen LogP contribution is -2.28. The monoisotopic (exact) mass is 483 g/mol. The van der Waals surface area contributed by atoms with Crippen molar-refractivity contribution in [2.24, 2.45) is 5.92 Å². The number of hydrogen-bond donors (Lipinski definition) is 1. The molecule has 0 radical (unpaired) electrons. The average Bonchev–Trinajstić information content (AvgIpc) is 3.22. The fraction of sp³-hybridized carbons (Fsp3) is 0.333. The van der Waals surface area contributed by atoms with Crippen LogP contribution in [-0.4, -0.2) is 31.6 Å². The quantitative estimate of drug-likeness (QED) is 0.364. The van der Waals surface area contributed by atoms with Gasteiger partial charge >= 0.3 is 0 Å². The van der Waals surface area contributed by atoms with Crippen molar-refractivity contribution < 1.29 is 4.79 Å². The van der Waals surface area contributed by atoms with Crippen LogP contribution in [0.4, 0.5) is 0 Å². The molecule has 0 saturated carbocycles. The van der Waals surface area contributed by atoms with Crippen molar-refractivity contribution in [1.82, 2.24) is 24.5 Å². The molecule has 0 saturated heterocycles. The standard InChI is InChI=1S/C24H26ClN5O2S/c1-4-10-29-22(32)19-9-8-17(21(31)26-13-15(2)3)12-20(19)30-23(29)27-28-24(30)33-14-16-6-5-7-18(25)11-16/h5-9,11-12,15H,4,10,13-14H2,1-3H3,(H,26,31). The summed E-state index contributed by atoms with van der Waals surface area (Å²) in [5.41, 5.74) is 2.05. The van der Waals surface area contributed by atoms with Crippen LogP contribution in [0.2, 0.25) is 5.02 Å². The first kappa shape index (κ1) is 23.3. The normalized spacial score (nSPS) is 11.5. The van der Waals surface area contributed by atoms with Gasteiger partial charge in [0.15, 0.2) is 5.16 Å².